The number of ketones is 1. The fraction of sp³-hybridized carbons (Fsp3) is 0.643. The monoisotopic (exact) mass is 545 g/mol. The maximum absolute atomic E-state index is 13.1. The van der Waals surface area contributed by atoms with Crippen LogP contribution in [0.4, 0.5) is 0 Å². The minimum Gasteiger partial charge on any atom is -0.464 e. The molecule has 0 aromatic heterocycles. The Balaban J connectivity index is 1.34. The average Bonchev–Trinajstić information content (AvgIpc) is 3.48. The van der Waals surface area contributed by atoms with E-state index in [1.807, 2.05) is 19.9 Å². The summed E-state index contributed by atoms with van der Waals surface area (Å²) >= 11 is 0. The lowest BCUT2D eigenvalue weighted by atomic mass is 9.67. The predicted octanol–water partition coefficient (Wildman–Crippen LogP) is -0.216. The van der Waals surface area contributed by atoms with Gasteiger partial charge in [-0.15, -0.1) is 0 Å². The number of nitrogens with zero attached hydrogens (tertiary/aromatic N) is 1. The first-order valence-corrected chi connectivity index (χ1v) is 13.6. The number of rotatable bonds is 10. The molecule has 1 aliphatic heterocycles. The Morgan fingerprint density at radius 1 is 1.23 bits per heavy atom. The van der Waals surface area contributed by atoms with Crippen LogP contribution in [-0.2, 0) is 23.9 Å². The summed E-state index contributed by atoms with van der Waals surface area (Å²) in [5, 5.41) is 32.0. The molecular weight excluding hydrogens is 506 g/mol. The van der Waals surface area contributed by atoms with Gasteiger partial charge in [-0.2, -0.15) is 0 Å². The summed E-state index contributed by atoms with van der Waals surface area (Å²) < 4.78 is 5.52. The van der Waals surface area contributed by atoms with Crippen LogP contribution in [0, 0.1) is 5.41 Å². The third-order valence-corrected chi connectivity index (χ3v) is 8.82. The molecule has 214 valence electrons. The minimum atomic E-state index is -1.40. The maximum Gasteiger partial charge on any atom is 0.328 e. The Bertz CT molecular complexity index is 1160. The molecule has 11 nitrogen and oxygen atoms in total. The van der Waals surface area contributed by atoms with Gasteiger partial charge >= 0.3 is 5.97 Å². The first-order valence-electron chi connectivity index (χ1n) is 13.6. The van der Waals surface area contributed by atoms with E-state index >= 15 is 0 Å². The molecule has 4 aliphatic rings. The number of nitrogens with two attached hydrogens (primary N) is 1. The number of amides is 2. The molecule has 2 fully saturated rings. The number of carbonyl (C=O) groups excluding carboxylic acids is 4. The lowest BCUT2D eigenvalue weighted by Gasteiger charge is -2.39. The molecule has 11 heteroatoms. The maximum atomic E-state index is 13.1. The first-order chi connectivity index (χ1) is 18.4. The summed E-state index contributed by atoms with van der Waals surface area (Å²) in [6.45, 7) is 4.68. The number of ether oxygens (including phenoxy) is 1. The van der Waals surface area contributed by atoms with Gasteiger partial charge in [-0.1, -0.05) is 5.57 Å². The van der Waals surface area contributed by atoms with Gasteiger partial charge in [-0.3, -0.25) is 14.4 Å². The van der Waals surface area contributed by atoms with Gasteiger partial charge in [0.1, 0.15) is 23.7 Å². The minimum absolute atomic E-state index is 0.123. The lowest BCUT2D eigenvalue weighted by molar-refractivity contribution is -0.154. The molecule has 1 saturated carbocycles. The Labute approximate surface area is 227 Å². The lowest BCUT2D eigenvalue weighted by Crippen LogP contribution is -2.56. The molecule has 6 N–H and O–H groups in total. The third-order valence-electron chi connectivity index (χ3n) is 8.82. The van der Waals surface area contributed by atoms with E-state index in [0.29, 0.717) is 31.3 Å². The topological polar surface area (TPSA) is 179 Å². The molecule has 2 unspecified atom stereocenters. The molecule has 2 amide bonds. The molecule has 4 rings (SSSR count). The van der Waals surface area contributed by atoms with E-state index in [1.165, 1.54) is 4.90 Å². The highest BCUT2D eigenvalue weighted by Gasteiger charge is 2.65. The molecule has 39 heavy (non-hydrogen) atoms. The van der Waals surface area contributed by atoms with Crippen LogP contribution in [0.25, 0.3) is 0 Å². The second-order valence-corrected chi connectivity index (χ2v) is 11.2. The van der Waals surface area contributed by atoms with Gasteiger partial charge in [0.15, 0.2) is 5.78 Å². The van der Waals surface area contributed by atoms with Gasteiger partial charge in [0.05, 0.1) is 19.8 Å². The van der Waals surface area contributed by atoms with Crippen LogP contribution >= 0.6 is 0 Å². The Hall–Kier alpha value is -2.86. The number of Topliss-reactive ketones (excluding diaryl/α,β-unsaturated/α-hetero) is 1. The zero-order valence-corrected chi connectivity index (χ0v) is 22.8. The van der Waals surface area contributed by atoms with Crippen molar-refractivity contribution in [3.05, 3.63) is 33.9 Å². The standard InChI is InChI=1S/C28H39N3O8/c1-15-12-18-22(16(2)28(8-9-28)27(3,38)23(18)34)17(15)6-5-11-39-26(37)21-7-4-10-31(21)25(36)20(14-33)30-24(35)19(29)13-32/h12,19-21,32-33,38H,4-11,13-14,29H2,1-3H3,(H,30,35)/t19?,20?,21-,27-/m0/s1. The van der Waals surface area contributed by atoms with Gasteiger partial charge in [0, 0.05) is 17.5 Å². The van der Waals surface area contributed by atoms with Gasteiger partial charge < -0.3 is 36.0 Å². The van der Waals surface area contributed by atoms with Gasteiger partial charge in [-0.25, -0.2) is 4.79 Å². The smallest absolute Gasteiger partial charge is 0.328 e. The molecular formula is C28H39N3O8. The van der Waals surface area contributed by atoms with Crippen molar-refractivity contribution < 1.29 is 39.2 Å². The number of hydrogen-bond donors (Lipinski definition) is 5. The van der Waals surface area contributed by atoms with Crippen molar-refractivity contribution in [2.24, 2.45) is 11.1 Å². The van der Waals surface area contributed by atoms with Gasteiger partial charge in [0.25, 0.3) is 0 Å². The summed E-state index contributed by atoms with van der Waals surface area (Å²) in [5.74, 6) is -2.18. The molecule has 0 aromatic rings. The summed E-state index contributed by atoms with van der Waals surface area (Å²) in [5.41, 5.74) is 8.12. The van der Waals surface area contributed by atoms with Crippen LogP contribution in [0.5, 0.6) is 0 Å². The van der Waals surface area contributed by atoms with E-state index in [4.69, 9.17) is 15.6 Å². The summed E-state index contributed by atoms with van der Waals surface area (Å²) in [4.78, 5) is 52.2. The van der Waals surface area contributed by atoms with E-state index in [2.05, 4.69) is 5.32 Å². The third kappa shape index (κ3) is 4.97. The van der Waals surface area contributed by atoms with Crippen molar-refractivity contribution in [2.45, 2.75) is 83.0 Å². The number of esters is 1. The number of likely N-dealkylation sites (tertiary alicyclic amines) is 1. The predicted molar refractivity (Wildman–Crippen MR) is 140 cm³/mol. The number of hydrogen-bond acceptors (Lipinski definition) is 9. The molecule has 1 saturated heterocycles. The number of carbonyl (C=O) groups is 4. The van der Waals surface area contributed by atoms with Crippen LogP contribution in [0.15, 0.2) is 33.9 Å². The van der Waals surface area contributed by atoms with Crippen molar-refractivity contribution in [3.8, 4) is 0 Å². The fourth-order valence-corrected chi connectivity index (χ4v) is 6.28. The van der Waals surface area contributed by atoms with E-state index in [9.17, 15) is 29.4 Å². The van der Waals surface area contributed by atoms with Gasteiger partial charge in [0.2, 0.25) is 11.8 Å². The summed E-state index contributed by atoms with van der Waals surface area (Å²) in [6.07, 6.45) is 5.49. The Morgan fingerprint density at radius 2 is 1.92 bits per heavy atom. The van der Waals surface area contributed by atoms with E-state index in [1.54, 1.807) is 6.92 Å². The zero-order valence-electron chi connectivity index (χ0n) is 22.8. The zero-order chi connectivity index (χ0) is 28.7. The Kier molecular flexibility index (Phi) is 8.18. The van der Waals surface area contributed by atoms with Crippen LogP contribution < -0.4 is 11.1 Å². The first kappa shape index (κ1) is 29.1. The van der Waals surface area contributed by atoms with E-state index in [0.717, 1.165) is 35.1 Å². The summed E-state index contributed by atoms with van der Waals surface area (Å²) in [6, 6.07) is -3.34. The van der Waals surface area contributed by atoms with Crippen molar-refractivity contribution in [3.63, 3.8) is 0 Å². The number of nitrogens with one attached hydrogen (secondary N) is 1. The second-order valence-electron chi connectivity index (χ2n) is 11.2. The average molecular weight is 546 g/mol. The highest BCUT2D eigenvalue weighted by atomic mass is 16.5. The number of aliphatic hydroxyl groups excluding tert-OH is 2. The fourth-order valence-electron chi connectivity index (χ4n) is 6.28. The quantitative estimate of drug-likeness (QED) is 0.183. The molecule has 3 aliphatic carbocycles. The van der Waals surface area contributed by atoms with Crippen LogP contribution in [0.3, 0.4) is 0 Å². The van der Waals surface area contributed by atoms with E-state index < -0.39 is 60.1 Å². The normalized spacial score (nSPS) is 26.9. The van der Waals surface area contributed by atoms with Crippen LogP contribution in [0.1, 0.15) is 59.3 Å². The van der Waals surface area contributed by atoms with Crippen LogP contribution in [-0.4, -0.2) is 93.9 Å². The van der Waals surface area contributed by atoms with Gasteiger partial charge in [-0.05, 0) is 82.1 Å². The van der Waals surface area contributed by atoms with Crippen LogP contribution in [0.2, 0.25) is 0 Å². The molecule has 0 aromatic carbocycles. The molecule has 1 heterocycles. The highest BCUT2D eigenvalue weighted by Crippen LogP contribution is 2.65. The number of allylic oxidation sites excluding steroid dienone is 4. The van der Waals surface area contributed by atoms with Crippen molar-refractivity contribution >= 4 is 23.6 Å². The highest BCUT2D eigenvalue weighted by molar-refractivity contribution is 6.10. The Morgan fingerprint density at radius 3 is 2.54 bits per heavy atom. The number of aliphatic hydroxyl groups is 3. The molecule has 0 radical (unpaired) electrons. The van der Waals surface area contributed by atoms with E-state index in [-0.39, 0.29) is 18.9 Å². The molecule has 1 spiro atoms. The molecule has 4 atom stereocenters. The van der Waals surface area contributed by atoms with Crippen molar-refractivity contribution in [2.75, 3.05) is 26.4 Å². The number of fused-ring (bicyclic) bond motifs is 1. The molecule has 0 bridgehead atoms. The van der Waals surface area contributed by atoms with Crippen molar-refractivity contribution in [1.82, 2.24) is 10.2 Å². The van der Waals surface area contributed by atoms with Crippen molar-refractivity contribution in [1.29, 1.82) is 0 Å². The largest absolute Gasteiger partial charge is 0.464 e. The second kappa shape index (κ2) is 11.0. The summed E-state index contributed by atoms with van der Waals surface area (Å²) in [7, 11) is 0. The SMILES string of the molecule is CC1=C(CCCOC(=O)[C@@H]2CCCN2C(=O)C(CO)NC(=O)C(N)CO)C2=C(C)C3(CC3)[C@@](C)(O)C(=O)C2=C1.